The van der Waals surface area contributed by atoms with Gasteiger partial charge in [0.1, 0.15) is 24.4 Å². The van der Waals surface area contributed by atoms with Gasteiger partial charge in [0.15, 0.2) is 0 Å². The minimum atomic E-state index is -1.65. The molecule has 5 fully saturated rings. The van der Waals surface area contributed by atoms with Crippen LogP contribution in [0, 0.1) is 50.2 Å². The van der Waals surface area contributed by atoms with Gasteiger partial charge in [-0.25, -0.2) is 0 Å². The molecule has 1 saturated heterocycles. The summed E-state index contributed by atoms with van der Waals surface area (Å²) in [6, 6.07) is 0. The summed E-state index contributed by atoms with van der Waals surface area (Å²) in [6.45, 7) is 12.7. The van der Waals surface area contributed by atoms with Gasteiger partial charge < -0.3 is 45.2 Å². The molecule has 6 aliphatic rings. The predicted octanol–water partition coefficient (Wildman–Crippen LogP) is 2.44. The van der Waals surface area contributed by atoms with Crippen LogP contribution in [0.25, 0.3) is 0 Å². The summed E-state index contributed by atoms with van der Waals surface area (Å²) in [5.74, 6) is -0.293. The molecule has 0 spiro atoms. The van der Waals surface area contributed by atoms with Crippen molar-refractivity contribution in [2.75, 3.05) is 13.2 Å². The number of esters is 1. The Morgan fingerprint density at radius 3 is 2.20 bits per heavy atom. The van der Waals surface area contributed by atoms with Crippen LogP contribution in [0.1, 0.15) is 99.3 Å². The normalized spacial score (nSPS) is 54.8. The smallest absolute Gasteiger partial charge is 0.315 e. The number of carbonyl (C=O) groups is 1. The van der Waals surface area contributed by atoms with E-state index in [1.54, 1.807) is 0 Å². The molecule has 10 unspecified atom stereocenters. The van der Waals surface area contributed by atoms with Gasteiger partial charge in [-0.15, -0.1) is 0 Å². The van der Waals surface area contributed by atoms with Crippen molar-refractivity contribution in [3.8, 4) is 0 Å². The molecule has 10 nitrogen and oxygen atoms in total. The van der Waals surface area contributed by atoms with Gasteiger partial charge in [-0.1, -0.05) is 53.2 Å². The van der Waals surface area contributed by atoms with E-state index in [1.165, 1.54) is 5.57 Å². The molecule has 0 aromatic rings. The van der Waals surface area contributed by atoms with Gasteiger partial charge >= 0.3 is 5.97 Å². The SMILES string of the molecule is CC1(C)CCC2(C(=O)O[C@H]3O[C@@H](CO)[C@H](O)[C@H](O)[C@@H]3O)CCC3(C)C(=CCC4C5(C)CC(O)C(O)C(C)(CO)C5CCC43C)C2C1. The second kappa shape index (κ2) is 11.2. The van der Waals surface area contributed by atoms with Gasteiger partial charge in [0, 0.05) is 5.41 Å². The van der Waals surface area contributed by atoms with Crippen LogP contribution in [0.3, 0.4) is 0 Å². The first-order valence-electron chi connectivity index (χ1n) is 17.5. The highest BCUT2D eigenvalue weighted by Gasteiger charge is 2.71. The number of allylic oxidation sites excluding steroid dienone is 2. The highest BCUT2D eigenvalue weighted by atomic mass is 16.7. The summed E-state index contributed by atoms with van der Waals surface area (Å²) < 4.78 is 11.5. The lowest BCUT2D eigenvalue weighted by molar-refractivity contribution is -0.297. The van der Waals surface area contributed by atoms with Crippen LogP contribution in [0.5, 0.6) is 0 Å². The Morgan fingerprint density at radius 1 is 0.870 bits per heavy atom. The van der Waals surface area contributed by atoms with E-state index in [0.717, 1.165) is 38.5 Å². The topological polar surface area (TPSA) is 177 Å². The second-order valence-corrected chi connectivity index (χ2v) is 17.9. The second-order valence-electron chi connectivity index (χ2n) is 17.9. The lowest BCUT2D eigenvalue weighted by atomic mass is 9.33. The van der Waals surface area contributed by atoms with Crippen LogP contribution in [-0.2, 0) is 14.3 Å². The summed E-state index contributed by atoms with van der Waals surface area (Å²) in [5.41, 5.74) is -1.02. The maximum absolute atomic E-state index is 14.4. The van der Waals surface area contributed by atoms with E-state index in [4.69, 9.17) is 9.47 Å². The summed E-state index contributed by atoms with van der Waals surface area (Å²) in [6.07, 6.45) is -0.357. The van der Waals surface area contributed by atoms with Gasteiger partial charge in [0.05, 0.1) is 30.8 Å². The van der Waals surface area contributed by atoms with Crippen LogP contribution < -0.4 is 0 Å². The largest absolute Gasteiger partial charge is 0.432 e. The Kier molecular flexibility index (Phi) is 8.46. The summed E-state index contributed by atoms with van der Waals surface area (Å²) in [5, 5.41) is 73.8. The first-order chi connectivity index (χ1) is 21.3. The van der Waals surface area contributed by atoms with Gasteiger partial charge in [0.25, 0.3) is 0 Å². The first kappa shape index (κ1) is 34.7. The monoisotopic (exact) mass is 650 g/mol. The quantitative estimate of drug-likeness (QED) is 0.177. The van der Waals surface area contributed by atoms with Crippen LogP contribution in [-0.4, -0.2) is 97.8 Å². The molecule has 7 N–H and O–H groups in total. The molecule has 262 valence electrons. The zero-order valence-electron chi connectivity index (χ0n) is 28.5. The van der Waals surface area contributed by atoms with Gasteiger partial charge in [-0.05, 0) is 97.2 Å². The van der Waals surface area contributed by atoms with Crippen LogP contribution in [0.4, 0.5) is 0 Å². The van der Waals surface area contributed by atoms with Crippen molar-refractivity contribution >= 4 is 5.97 Å². The Balaban J connectivity index is 1.36. The third kappa shape index (κ3) is 4.60. The molecule has 15 atom stereocenters. The Labute approximate surface area is 273 Å². The van der Waals surface area contributed by atoms with E-state index in [2.05, 4.69) is 40.7 Å². The minimum Gasteiger partial charge on any atom is -0.432 e. The Morgan fingerprint density at radius 2 is 1.54 bits per heavy atom. The number of fused-ring (bicyclic) bond motifs is 7. The maximum Gasteiger partial charge on any atom is 0.315 e. The molecule has 5 aliphatic carbocycles. The highest BCUT2D eigenvalue weighted by molar-refractivity contribution is 5.79. The molecular weight excluding hydrogens is 592 g/mol. The van der Waals surface area contributed by atoms with Crippen molar-refractivity contribution < 1.29 is 50.0 Å². The Hall–Kier alpha value is -1.11. The van der Waals surface area contributed by atoms with Crippen LogP contribution >= 0.6 is 0 Å². The molecule has 1 heterocycles. The fourth-order valence-corrected chi connectivity index (χ4v) is 12.1. The van der Waals surface area contributed by atoms with Crippen molar-refractivity contribution in [2.45, 2.75) is 142 Å². The zero-order chi connectivity index (χ0) is 33.8. The van der Waals surface area contributed by atoms with Crippen molar-refractivity contribution in [3.05, 3.63) is 11.6 Å². The van der Waals surface area contributed by atoms with E-state index in [0.29, 0.717) is 19.3 Å². The number of aliphatic hydroxyl groups excluding tert-OH is 7. The van der Waals surface area contributed by atoms with E-state index >= 15 is 0 Å². The third-order valence-corrected chi connectivity index (χ3v) is 15.2. The third-order valence-electron chi connectivity index (χ3n) is 15.2. The standard InChI is InChI=1S/C36H58O10/c1-31(2)11-13-36(30(44)46-29-27(42)26(41)25(40)22(17-37)45-29)14-12-34(5)19(20(36)15-31)7-8-24-32(3)16-21(39)28(43)33(4,18-38)23(32)9-10-35(24,34)6/h7,20-29,37-43H,8-18H2,1-6H3/t20?,21?,22-,23?,24?,25-,26-,27-,28?,29+,32?,33?,34?,35?,36?/m0/s1. The minimum absolute atomic E-state index is 0.00930. The number of hydrogen-bond acceptors (Lipinski definition) is 10. The number of ether oxygens (including phenoxy) is 2. The number of rotatable bonds is 4. The molecule has 0 radical (unpaired) electrons. The number of carbonyl (C=O) groups excluding carboxylic acids is 1. The van der Waals surface area contributed by atoms with Crippen molar-refractivity contribution in [3.63, 3.8) is 0 Å². The maximum atomic E-state index is 14.4. The molecule has 4 saturated carbocycles. The van der Waals surface area contributed by atoms with Gasteiger partial charge in [-0.3, -0.25) is 4.79 Å². The molecule has 0 aromatic heterocycles. The van der Waals surface area contributed by atoms with Crippen LogP contribution in [0.15, 0.2) is 11.6 Å². The summed E-state index contributed by atoms with van der Waals surface area (Å²) >= 11 is 0. The van der Waals surface area contributed by atoms with E-state index < -0.39 is 66.3 Å². The highest BCUT2D eigenvalue weighted by Crippen LogP contribution is 2.75. The molecule has 0 amide bonds. The van der Waals surface area contributed by atoms with Gasteiger partial charge in [0.2, 0.25) is 6.29 Å². The molecule has 46 heavy (non-hydrogen) atoms. The molecule has 10 heteroatoms. The Bertz CT molecular complexity index is 1240. The predicted molar refractivity (Wildman–Crippen MR) is 168 cm³/mol. The zero-order valence-corrected chi connectivity index (χ0v) is 28.5. The van der Waals surface area contributed by atoms with Crippen molar-refractivity contribution in [2.24, 2.45) is 50.2 Å². The van der Waals surface area contributed by atoms with E-state index in [1.807, 2.05) is 6.92 Å². The fraction of sp³-hybridized carbons (Fsp3) is 0.917. The lowest BCUT2D eigenvalue weighted by Gasteiger charge is -2.71. The molecule has 0 aromatic carbocycles. The average molecular weight is 651 g/mol. The fourth-order valence-electron chi connectivity index (χ4n) is 12.1. The molecule has 6 rings (SSSR count). The number of hydrogen-bond donors (Lipinski definition) is 7. The van der Waals surface area contributed by atoms with Crippen molar-refractivity contribution in [1.82, 2.24) is 0 Å². The summed E-state index contributed by atoms with van der Waals surface area (Å²) in [7, 11) is 0. The lowest BCUT2D eigenvalue weighted by Crippen LogP contribution is -2.68. The molecular formula is C36H58O10. The summed E-state index contributed by atoms with van der Waals surface area (Å²) in [4.78, 5) is 14.4. The van der Waals surface area contributed by atoms with Crippen LogP contribution in [0.2, 0.25) is 0 Å². The van der Waals surface area contributed by atoms with Gasteiger partial charge in [-0.2, -0.15) is 0 Å². The van der Waals surface area contributed by atoms with E-state index in [-0.39, 0.29) is 46.0 Å². The van der Waals surface area contributed by atoms with E-state index in [9.17, 15) is 40.5 Å². The number of aliphatic hydroxyl groups is 7. The average Bonchev–Trinajstić information content (AvgIpc) is 3.00. The first-order valence-corrected chi connectivity index (χ1v) is 17.5. The van der Waals surface area contributed by atoms with Crippen molar-refractivity contribution in [1.29, 1.82) is 0 Å². The molecule has 1 aliphatic heterocycles. The molecule has 0 bridgehead atoms.